The van der Waals surface area contributed by atoms with Crippen molar-refractivity contribution < 1.29 is 19.1 Å². The topological polar surface area (TPSA) is 75.7 Å². The quantitative estimate of drug-likeness (QED) is 0.168. The molecular formula is C31H25IN2O4S. The van der Waals surface area contributed by atoms with Gasteiger partial charge in [-0.25, -0.2) is 0 Å². The van der Waals surface area contributed by atoms with Crippen LogP contribution in [0.4, 0.5) is 10.5 Å². The van der Waals surface area contributed by atoms with Gasteiger partial charge in [0.1, 0.15) is 18.9 Å². The second-order valence-electron chi connectivity index (χ2n) is 9.23. The summed E-state index contributed by atoms with van der Waals surface area (Å²) >= 11 is 3.03. The number of nitrogens with one attached hydrogen (secondary N) is 1. The van der Waals surface area contributed by atoms with Crippen LogP contribution in [0, 0.1) is 17.4 Å². The first-order chi connectivity index (χ1) is 18.8. The molecule has 39 heavy (non-hydrogen) atoms. The van der Waals surface area contributed by atoms with Crippen LogP contribution in [0.1, 0.15) is 22.3 Å². The predicted molar refractivity (Wildman–Crippen MR) is 165 cm³/mol. The number of amides is 3. The predicted octanol–water partition coefficient (Wildman–Crippen LogP) is 7.32. The number of benzene rings is 4. The van der Waals surface area contributed by atoms with E-state index in [4.69, 9.17) is 4.74 Å². The van der Waals surface area contributed by atoms with Gasteiger partial charge in [0.05, 0.1) is 8.48 Å². The fourth-order valence-corrected chi connectivity index (χ4v) is 5.78. The van der Waals surface area contributed by atoms with Gasteiger partial charge < -0.3 is 10.1 Å². The van der Waals surface area contributed by atoms with Crippen LogP contribution in [0.25, 0.3) is 16.8 Å². The molecular weight excluding hydrogens is 623 g/mol. The van der Waals surface area contributed by atoms with Gasteiger partial charge in [0, 0.05) is 5.69 Å². The second kappa shape index (κ2) is 11.6. The maximum atomic E-state index is 12.9. The van der Waals surface area contributed by atoms with Gasteiger partial charge in [0.25, 0.3) is 11.1 Å². The van der Waals surface area contributed by atoms with Gasteiger partial charge in [-0.1, -0.05) is 54.6 Å². The number of carbonyl (C=O) groups is 3. The summed E-state index contributed by atoms with van der Waals surface area (Å²) in [5.41, 5.74) is 4.65. The highest BCUT2D eigenvalue weighted by atomic mass is 127. The molecule has 1 fully saturated rings. The van der Waals surface area contributed by atoms with Gasteiger partial charge in [-0.05, 0) is 112 Å². The van der Waals surface area contributed by atoms with Gasteiger partial charge in [0.15, 0.2) is 0 Å². The number of aryl methyl sites for hydroxylation is 2. The molecule has 3 amide bonds. The third-order valence-corrected chi connectivity index (χ3v) is 8.23. The molecule has 1 saturated heterocycles. The van der Waals surface area contributed by atoms with Gasteiger partial charge in [-0.2, -0.15) is 0 Å². The molecule has 196 valence electrons. The Bertz CT molecular complexity index is 1640. The highest BCUT2D eigenvalue weighted by Crippen LogP contribution is 2.33. The van der Waals surface area contributed by atoms with E-state index in [0.717, 1.165) is 53.6 Å². The highest BCUT2D eigenvalue weighted by Gasteiger charge is 2.36. The van der Waals surface area contributed by atoms with Crippen molar-refractivity contribution in [2.24, 2.45) is 0 Å². The van der Waals surface area contributed by atoms with Crippen LogP contribution in [0.5, 0.6) is 5.75 Å². The minimum Gasteiger partial charge on any atom is -0.488 e. The Morgan fingerprint density at radius 3 is 2.56 bits per heavy atom. The van der Waals surface area contributed by atoms with E-state index in [2.05, 4.69) is 52.2 Å². The zero-order valence-electron chi connectivity index (χ0n) is 21.4. The van der Waals surface area contributed by atoms with E-state index in [9.17, 15) is 14.4 Å². The largest absolute Gasteiger partial charge is 0.488 e. The highest BCUT2D eigenvalue weighted by molar-refractivity contribution is 14.1. The lowest BCUT2D eigenvalue weighted by atomic mass is 10.1. The third-order valence-electron chi connectivity index (χ3n) is 6.48. The van der Waals surface area contributed by atoms with Crippen molar-refractivity contribution in [1.29, 1.82) is 0 Å². The summed E-state index contributed by atoms with van der Waals surface area (Å²) in [7, 11) is 0. The number of anilines is 1. The number of thioether (sulfide) groups is 1. The van der Waals surface area contributed by atoms with Crippen LogP contribution in [-0.2, 0) is 16.2 Å². The lowest BCUT2D eigenvalue weighted by molar-refractivity contribution is -0.127. The standard InChI is InChI=1S/C31H25IN2O4S/c1-19-10-12-24(14-20(19)2)33-29(35)17-34-30(36)28(39-31(34)37)16-21-11-13-27(26(32)15-21)38-18-23-8-5-7-22-6-3-4-9-25(22)23/h3-16H,17-18H2,1-2H3,(H,33,35)/b28-16+. The van der Waals surface area contributed by atoms with E-state index in [-0.39, 0.29) is 11.4 Å². The van der Waals surface area contributed by atoms with Crippen LogP contribution in [-0.4, -0.2) is 28.5 Å². The van der Waals surface area contributed by atoms with Gasteiger partial charge in [0.2, 0.25) is 5.91 Å². The van der Waals surface area contributed by atoms with E-state index >= 15 is 0 Å². The fourth-order valence-electron chi connectivity index (χ4n) is 4.25. The molecule has 1 N–H and O–H groups in total. The van der Waals surface area contributed by atoms with Crippen molar-refractivity contribution in [2.75, 3.05) is 11.9 Å². The molecule has 0 radical (unpaired) electrons. The van der Waals surface area contributed by atoms with Crippen molar-refractivity contribution in [3.05, 3.63) is 110 Å². The number of hydrogen-bond donors (Lipinski definition) is 1. The van der Waals surface area contributed by atoms with Gasteiger partial charge in [-0.3, -0.25) is 19.3 Å². The molecule has 0 saturated carbocycles. The average Bonchev–Trinajstić information content (AvgIpc) is 3.17. The Morgan fingerprint density at radius 2 is 1.77 bits per heavy atom. The molecule has 0 spiro atoms. The van der Waals surface area contributed by atoms with Gasteiger partial charge >= 0.3 is 0 Å². The first-order valence-electron chi connectivity index (χ1n) is 12.3. The van der Waals surface area contributed by atoms with Crippen LogP contribution in [0.2, 0.25) is 0 Å². The molecule has 1 heterocycles. The molecule has 0 aliphatic carbocycles. The Hall–Kier alpha value is -3.63. The number of fused-ring (bicyclic) bond motifs is 1. The summed E-state index contributed by atoms with van der Waals surface area (Å²) in [4.78, 5) is 39.3. The molecule has 1 aliphatic heterocycles. The van der Waals surface area contributed by atoms with Crippen LogP contribution in [0.15, 0.2) is 83.8 Å². The summed E-state index contributed by atoms with van der Waals surface area (Å²) in [6, 6.07) is 25.5. The molecule has 1 aliphatic rings. The van der Waals surface area contributed by atoms with Crippen LogP contribution in [0.3, 0.4) is 0 Å². The molecule has 0 unspecified atom stereocenters. The minimum atomic E-state index is -0.480. The molecule has 4 aromatic carbocycles. The van der Waals surface area contributed by atoms with Crippen LogP contribution < -0.4 is 10.1 Å². The minimum absolute atomic E-state index is 0.277. The van der Waals surface area contributed by atoms with E-state index in [1.807, 2.05) is 62.4 Å². The maximum Gasteiger partial charge on any atom is 0.294 e. The van der Waals surface area contributed by atoms with Crippen LogP contribution >= 0.6 is 34.4 Å². The first kappa shape index (κ1) is 27.0. The van der Waals surface area contributed by atoms with Gasteiger partial charge in [-0.15, -0.1) is 0 Å². The zero-order chi connectivity index (χ0) is 27.5. The number of carbonyl (C=O) groups excluding carboxylic acids is 3. The second-order valence-corrected chi connectivity index (χ2v) is 11.4. The Labute approximate surface area is 244 Å². The van der Waals surface area contributed by atoms with E-state index < -0.39 is 17.1 Å². The number of rotatable bonds is 7. The first-order valence-corrected chi connectivity index (χ1v) is 14.2. The maximum absolute atomic E-state index is 12.9. The van der Waals surface area contributed by atoms with E-state index in [1.54, 1.807) is 12.1 Å². The van der Waals surface area contributed by atoms with Crippen molar-refractivity contribution in [3.8, 4) is 5.75 Å². The lowest BCUT2D eigenvalue weighted by Crippen LogP contribution is -2.36. The molecule has 0 atom stereocenters. The average molecular weight is 649 g/mol. The third kappa shape index (κ3) is 6.17. The lowest BCUT2D eigenvalue weighted by Gasteiger charge is -2.13. The Balaban J connectivity index is 1.24. The van der Waals surface area contributed by atoms with Crippen molar-refractivity contribution in [1.82, 2.24) is 4.90 Å². The molecule has 8 heteroatoms. The normalized spacial score (nSPS) is 14.3. The number of halogens is 1. The molecule has 0 bridgehead atoms. The van der Waals surface area contributed by atoms with Crippen molar-refractivity contribution >= 4 is 73.9 Å². The van der Waals surface area contributed by atoms with Crippen molar-refractivity contribution in [3.63, 3.8) is 0 Å². The monoisotopic (exact) mass is 648 g/mol. The summed E-state index contributed by atoms with van der Waals surface area (Å²) in [5, 5.41) is 4.62. The Kier molecular flexibility index (Phi) is 8.04. The molecule has 6 nitrogen and oxygen atoms in total. The van der Waals surface area contributed by atoms with E-state index in [0.29, 0.717) is 12.3 Å². The molecule has 4 aromatic rings. The number of ether oxygens (including phenoxy) is 1. The van der Waals surface area contributed by atoms with Crippen molar-refractivity contribution in [2.45, 2.75) is 20.5 Å². The number of nitrogens with zero attached hydrogens (tertiary/aromatic N) is 1. The smallest absolute Gasteiger partial charge is 0.294 e. The van der Waals surface area contributed by atoms with E-state index in [1.165, 1.54) is 5.39 Å². The SMILES string of the molecule is Cc1ccc(NC(=O)CN2C(=O)S/C(=C/c3ccc(OCc4cccc5ccccc45)c(I)c3)C2=O)cc1C. The molecule has 0 aromatic heterocycles. The zero-order valence-corrected chi connectivity index (χ0v) is 24.3. The number of hydrogen-bond acceptors (Lipinski definition) is 5. The molecule has 5 rings (SSSR count). The summed E-state index contributed by atoms with van der Waals surface area (Å²) in [5.74, 6) is -0.174. The Morgan fingerprint density at radius 1 is 0.974 bits per heavy atom. The summed E-state index contributed by atoms with van der Waals surface area (Å²) < 4.78 is 6.99. The summed E-state index contributed by atoms with van der Waals surface area (Å²) in [6.45, 7) is 4.03. The fraction of sp³-hybridized carbons (Fsp3) is 0.129. The summed E-state index contributed by atoms with van der Waals surface area (Å²) in [6.07, 6.45) is 1.67. The number of imide groups is 1.